The van der Waals surface area contributed by atoms with Crippen LogP contribution >= 0.6 is 0 Å². The van der Waals surface area contributed by atoms with Gasteiger partial charge in [-0.3, -0.25) is 14.4 Å². The minimum absolute atomic E-state index is 0.0551. The Bertz CT molecular complexity index is 2130. The van der Waals surface area contributed by atoms with Gasteiger partial charge in [0.2, 0.25) is 5.91 Å². The molecule has 9 nitrogen and oxygen atoms in total. The highest BCUT2D eigenvalue weighted by molar-refractivity contribution is 6.74. The number of rotatable bonds is 29. The molecular formula is C60H92N2O7Si2. The molecule has 4 rings (SSSR count). The van der Waals surface area contributed by atoms with Gasteiger partial charge in [-0.15, -0.1) is 0 Å². The maximum Gasteiger partial charge on any atom is 0.217 e. The summed E-state index contributed by atoms with van der Waals surface area (Å²) in [6.07, 6.45) is 12.0. The molecule has 0 atom stereocenters. The Morgan fingerprint density at radius 2 is 0.859 bits per heavy atom. The van der Waals surface area contributed by atoms with Crippen LogP contribution in [0.3, 0.4) is 0 Å². The number of amides is 1. The van der Waals surface area contributed by atoms with Gasteiger partial charge >= 0.3 is 0 Å². The Morgan fingerprint density at radius 1 is 0.507 bits per heavy atom. The van der Waals surface area contributed by atoms with Crippen molar-refractivity contribution >= 4 is 34.1 Å². The van der Waals surface area contributed by atoms with Crippen LogP contribution in [-0.4, -0.2) is 81.8 Å². The summed E-state index contributed by atoms with van der Waals surface area (Å²) in [7, 11) is -4.15. The standard InChI is InChI=1S/C37H61NO4Si2.C23H31NO3/c1-30(39)38-37(28-41-43(8,9)35(2,3)4,29-42-44(10,11)36(5,6)7)27-26-32-22-24-33(25-23-32)34(40)21-17-13-16-20-31-18-14-12-15-19-31;24-23(17-25,18-26)16-15-20-11-13-21(14-12-20)22(27)10-6-2-5-9-19-7-3-1-4-8-19/h12,14-15,18-19,22-25H,13,16-17,20-21,26-29H2,1-11H3,(H,38,39);1,3-4,7-8,11-14,25-26H,2,5-6,9-10,15-18,24H2. The topological polar surface area (TPSA) is 148 Å². The molecule has 0 spiro atoms. The van der Waals surface area contributed by atoms with Crippen LogP contribution in [0.2, 0.25) is 36.3 Å². The SMILES string of the molecule is CC(=O)NC(CCc1ccc(C(=O)CCCCCc2ccccc2)cc1)(CO[Si](C)(C)C(C)(C)C)CO[Si](C)(C)C(C)(C)C.NC(CO)(CO)CCc1ccc(C(=O)CCCCCc2ccccc2)cc1. The third-order valence-corrected chi connectivity index (χ3v) is 23.8. The van der Waals surface area contributed by atoms with Crippen LogP contribution in [0.4, 0.5) is 0 Å². The van der Waals surface area contributed by atoms with Crippen LogP contribution < -0.4 is 11.1 Å². The van der Waals surface area contributed by atoms with Crippen LogP contribution in [0, 0.1) is 0 Å². The fourth-order valence-electron chi connectivity index (χ4n) is 7.62. The number of hydrogen-bond donors (Lipinski definition) is 4. The van der Waals surface area contributed by atoms with E-state index < -0.39 is 27.7 Å². The zero-order valence-electron chi connectivity index (χ0n) is 45.6. The van der Waals surface area contributed by atoms with E-state index in [0.29, 0.717) is 45.3 Å². The molecule has 0 bridgehead atoms. The third-order valence-electron chi connectivity index (χ3n) is 14.9. The molecule has 4 aromatic carbocycles. The van der Waals surface area contributed by atoms with Gasteiger partial charge in [0.1, 0.15) is 0 Å². The summed E-state index contributed by atoms with van der Waals surface area (Å²) in [4.78, 5) is 37.8. The van der Waals surface area contributed by atoms with E-state index in [1.54, 1.807) is 6.92 Å². The van der Waals surface area contributed by atoms with Gasteiger partial charge < -0.3 is 30.1 Å². The van der Waals surface area contributed by atoms with E-state index in [2.05, 4.69) is 134 Å². The summed E-state index contributed by atoms with van der Waals surface area (Å²) in [6, 6.07) is 36.6. The maximum atomic E-state index is 12.9. The second kappa shape index (κ2) is 29.0. The molecule has 0 saturated carbocycles. The summed E-state index contributed by atoms with van der Waals surface area (Å²) >= 11 is 0. The van der Waals surface area contributed by atoms with E-state index in [4.69, 9.17) is 14.6 Å². The van der Waals surface area contributed by atoms with E-state index in [1.807, 2.05) is 48.5 Å². The largest absolute Gasteiger partial charge is 0.414 e. The van der Waals surface area contributed by atoms with E-state index >= 15 is 0 Å². The molecule has 0 radical (unpaired) electrons. The molecule has 5 N–H and O–H groups in total. The molecule has 0 aliphatic rings. The van der Waals surface area contributed by atoms with Gasteiger partial charge in [0.15, 0.2) is 28.2 Å². The van der Waals surface area contributed by atoms with Crippen molar-refractivity contribution in [3.8, 4) is 0 Å². The number of carbonyl (C=O) groups excluding carboxylic acids is 3. The zero-order chi connectivity index (χ0) is 52.8. The van der Waals surface area contributed by atoms with Crippen molar-refractivity contribution in [3.63, 3.8) is 0 Å². The van der Waals surface area contributed by atoms with Gasteiger partial charge in [-0.1, -0.05) is 164 Å². The number of aliphatic hydroxyl groups is 2. The van der Waals surface area contributed by atoms with Crippen molar-refractivity contribution in [2.75, 3.05) is 26.4 Å². The number of benzene rings is 4. The number of hydrogen-bond acceptors (Lipinski definition) is 8. The molecular weight excluding hydrogens is 917 g/mol. The number of nitrogens with one attached hydrogen (secondary N) is 1. The van der Waals surface area contributed by atoms with Gasteiger partial charge in [0, 0.05) is 30.9 Å². The molecule has 4 aromatic rings. The van der Waals surface area contributed by atoms with Crippen molar-refractivity contribution in [2.45, 2.75) is 186 Å². The number of unbranched alkanes of at least 4 members (excludes halogenated alkanes) is 4. The number of carbonyl (C=O) groups is 3. The Kier molecular flexibility index (Phi) is 25.0. The first-order chi connectivity index (χ1) is 33.3. The molecule has 71 heavy (non-hydrogen) atoms. The van der Waals surface area contributed by atoms with Gasteiger partial charge in [0.25, 0.3) is 0 Å². The van der Waals surface area contributed by atoms with Crippen molar-refractivity contribution in [1.82, 2.24) is 5.32 Å². The number of nitrogens with two attached hydrogens (primary N) is 1. The molecule has 0 aromatic heterocycles. The molecule has 1 amide bonds. The van der Waals surface area contributed by atoms with Crippen LogP contribution in [0.5, 0.6) is 0 Å². The van der Waals surface area contributed by atoms with Gasteiger partial charge in [-0.2, -0.15) is 0 Å². The Hall–Kier alpha value is -4.08. The summed E-state index contributed by atoms with van der Waals surface area (Å²) in [5.41, 5.74) is 10.7. The lowest BCUT2D eigenvalue weighted by molar-refractivity contribution is -0.122. The van der Waals surface area contributed by atoms with Crippen molar-refractivity contribution in [3.05, 3.63) is 143 Å². The van der Waals surface area contributed by atoms with E-state index in [-0.39, 0.29) is 40.8 Å². The fourth-order valence-corrected chi connectivity index (χ4v) is 9.77. The smallest absolute Gasteiger partial charge is 0.217 e. The van der Waals surface area contributed by atoms with Gasteiger partial charge in [-0.25, -0.2) is 0 Å². The second-order valence-electron chi connectivity index (χ2n) is 23.1. The van der Waals surface area contributed by atoms with Crippen LogP contribution in [0.25, 0.3) is 0 Å². The number of aryl methyl sites for hydroxylation is 4. The van der Waals surface area contributed by atoms with Gasteiger partial charge in [0.05, 0.1) is 37.5 Å². The van der Waals surface area contributed by atoms with Gasteiger partial charge in [-0.05, 0) is 123 Å². The predicted octanol–water partition coefficient (Wildman–Crippen LogP) is 12.8. The van der Waals surface area contributed by atoms with Crippen LogP contribution in [-0.2, 0) is 39.3 Å². The third kappa shape index (κ3) is 21.9. The van der Waals surface area contributed by atoms with E-state index in [1.165, 1.54) is 11.1 Å². The quantitative estimate of drug-likeness (QED) is 0.0239. The number of Topliss-reactive ketones (excluding diaryl/α,β-unsaturated/α-hetero) is 2. The van der Waals surface area contributed by atoms with E-state index in [9.17, 15) is 24.6 Å². The van der Waals surface area contributed by atoms with Crippen LogP contribution in [0.1, 0.15) is 156 Å². The Balaban J connectivity index is 0.000000420. The average Bonchev–Trinajstić information content (AvgIpc) is 3.33. The molecule has 0 unspecified atom stereocenters. The molecule has 11 heteroatoms. The summed E-state index contributed by atoms with van der Waals surface area (Å²) in [5, 5.41) is 21.9. The number of ketones is 2. The normalized spacial score (nSPS) is 12.5. The van der Waals surface area contributed by atoms with Crippen molar-refractivity contribution in [2.24, 2.45) is 5.73 Å². The average molecular weight is 1010 g/mol. The first kappa shape index (κ1) is 61.2. The molecule has 0 saturated heterocycles. The minimum Gasteiger partial charge on any atom is -0.414 e. The molecule has 0 fully saturated rings. The van der Waals surface area contributed by atoms with Crippen LogP contribution in [0.15, 0.2) is 109 Å². The fraction of sp³-hybridized carbons (Fsp3) is 0.550. The summed E-state index contributed by atoms with van der Waals surface area (Å²) < 4.78 is 13.5. The molecule has 0 heterocycles. The Labute approximate surface area is 431 Å². The van der Waals surface area contributed by atoms with E-state index in [0.717, 1.165) is 80.0 Å². The molecule has 392 valence electrons. The lowest BCUT2D eigenvalue weighted by Gasteiger charge is -2.44. The lowest BCUT2D eigenvalue weighted by atomic mass is 9.92. The highest BCUT2D eigenvalue weighted by atomic mass is 28.4. The summed E-state index contributed by atoms with van der Waals surface area (Å²) in [6.45, 7) is 24.3. The van der Waals surface area contributed by atoms with Crippen molar-refractivity contribution in [1.29, 1.82) is 0 Å². The first-order valence-electron chi connectivity index (χ1n) is 26.2. The minimum atomic E-state index is -2.07. The zero-order valence-corrected chi connectivity index (χ0v) is 47.6. The van der Waals surface area contributed by atoms with Crippen molar-refractivity contribution < 1.29 is 33.4 Å². The first-order valence-corrected chi connectivity index (χ1v) is 32.0. The monoisotopic (exact) mass is 1010 g/mol. The maximum absolute atomic E-state index is 12.9. The highest BCUT2D eigenvalue weighted by Gasteiger charge is 2.44. The molecule has 0 aliphatic carbocycles. The lowest BCUT2D eigenvalue weighted by Crippen LogP contribution is -2.59. The second-order valence-corrected chi connectivity index (χ2v) is 32.7. The molecule has 0 aliphatic heterocycles. The highest BCUT2D eigenvalue weighted by Crippen LogP contribution is 2.39. The summed E-state index contributed by atoms with van der Waals surface area (Å²) in [5.74, 6) is 0.307. The predicted molar refractivity (Wildman–Crippen MR) is 299 cm³/mol. The Morgan fingerprint density at radius 3 is 1.20 bits per heavy atom. The number of aliphatic hydroxyl groups excluding tert-OH is 2.